The van der Waals surface area contributed by atoms with E-state index in [4.69, 9.17) is 9.47 Å². The van der Waals surface area contributed by atoms with Gasteiger partial charge in [0.05, 0.1) is 6.61 Å². The van der Waals surface area contributed by atoms with Gasteiger partial charge in [-0.05, 0) is 31.2 Å². The number of para-hydroxylation sites is 1. The van der Waals surface area contributed by atoms with E-state index in [2.05, 4.69) is 27.1 Å². The molecule has 1 aliphatic rings. The lowest BCUT2D eigenvalue weighted by Crippen LogP contribution is -2.17. The molecule has 0 spiro atoms. The van der Waals surface area contributed by atoms with Crippen LogP contribution in [-0.4, -0.2) is 32.6 Å². The van der Waals surface area contributed by atoms with Gasteiger partial charge in [0.25, 0.3) is 0 Å². The number of nitrogens with one attached hydrogen (secondary N) is 1. The summed E-state index contributed by atoms with van der Waals surface area (Å²) in [6.45, 7) is 6.03. The summed E-state index contributed by atoms with van der Waals surface area (Å²) >= 11 is 1.43. The molecule has 3 aromatic rings. The topological polar surface area (TPSA) is 89.4 Å². The van der Waals surface area contributed by atoms with Crippen molar-refractivity contribution >= 4 is 17.4 Å². The van der Waals surface area contributed by atoms with E-state index in [-0.39, 0.29) is 5.75 Å². The molecule has 0 unspecified atom stereocenters. The molecule has 0 aliphatic carbocycles. The molecule has 4 rings (SSSR count). The van der Waals surface area contributed by atoms with Crippen molar-refractivity contribution in [2.24, 2.45) is 0 Å². The number of phenolic OH excluding ortho intramolecular Hbond substituents is 1. The van der Waals surface area contributed by atoms with E-state index in [1.807, 2.05) is 31.2 Å². The number of fused-ring (bicyclic) bond motifs is 3. The van der Waals surface area contributed by atoms with Crippen LogP contribution in [-0.2, 0) is 0 Å². The Hall–Kier alpha value is -3.26. The molecule has 1 aliphatic heterocycles. The first-order valence-electron chi connectivity index (χ1n) is 9.16. The third kappa shape index (κ3) is 3.97. The number of hydrogen-bond donors (Lipinski definition) is 2. The number of anilines is 1. The van der Waals surface area contributed by atoms with Crippen molar-refractivity contribution < 1.29 is 14.6 Å². The molecule has 1 aromatic heterocycles. The van der Waals surface area contributed by atoms with Crippen LogP contribution < -0.4 is 14.8 Å². The van der Waals surface area contributed by atoms with E-state index in [1.165, 1.54) is 11.8 Å². The van der Waals surface area contributed by atoms with Gasteiger partial charge in [-0.3, -0.25) is 0 Å². The SMILES string of the molecule is C=CCSc1nnc2c(n1)O[C@H](c1ccc(O)c(OCC)c1)Nc1ccccc1-2. The Balaban J connectivity index is 1.77. The molecule has 0 radical (unpaired) electrons. The molecule has 0 fully saturated rings. The lowest BCUT2D eigenvalue weighted by Gasteiger charge is -2.20. The van der Waals surface area contributed by atoms with Gasteiger partial charge in [-0.2, -0.15) is 4.98 Å². The molecule has 2 aromatic carbocycles. The van der Waals surface area contributed by atoms with Gasteiger partial charge < -0.3 is 19.9 Å². The zero-order chi connectivity index (χ0) is 20.2. The maximum atomic E-state index is 10.0. The van der Waals surface area contributed by atoms with Crippen LogP contribution in [0.15, 0.2) is 60.3 Å². The second-order valence-electron chi connectivity index (χ2n) is 6.20. The average molecular weight is 408 g/mol. The molecule has 2 heterocycles. The number of phenols is 1. The zero-order valence-corrected chi connectivity index (χ0v) is 16.6. The lowest BCUT2D eigenvalue weighted by molar-refractivity contribution is 0.224. The van der Waals surface area contributed by atoms with Crippen LogP contribution in [0.3, 0.4) is 0 Å². The van der Waals surface area contributed by atoms with E-state index in [0.29, 0.717) is 34.8 Å². The van der Waals surface area contributed by atoms with Gasteiger partial charge in [0.15, 0.2) is 23.4 Å². The summed E-state index contributed by atoms with van der Waals surface area (Å²) < 4.78 is 11.7. The summed E-state index contributed by atoms with van der Waals surface area (Å²) in [5.74, 6) is 1.54. The minimum Gasteiger partial charge on any atom is -0.504 e. The molecule has 0 bridgehead atoms. The molecular weight excluding hydrogens is 388 g/mol. The molecule has 7 nitrogen and oxygen atoms in total. The maximum Gasteiger partial charge on any atom is 0.247 e. The summed E-state index contributed by atoms with van der Waals surface area (Å²) in [6.07, 6.45) is 1.23. The maximum absolute atomic E-state index is 10.0. The predicted molar refractivity (Wildman–Crippen MR) is 112 cm³/mol. The summed E-state index contributed by atoms with van der Waals surface area (Å²) in [7, 11) is 0. The van der Waals surface area contributed by atoms with Crippen LogP contribution in [0.4, 0.5) is 5.69 Å². The Kier molecular flexibility index (Phi) is 5.53. The van der Waals surface area contributed by atoms with Gasteiger partial charge >= 0.3 is 0 Å². The molecule has 8 heteroatoms. The Morgan fingerprint density at radius 1 is 1.28 bits per heavy atom. The van der Waals surface area contributed by atoms with Crippen LogP contribution in [0.1, 0.15) is 18.7 Å². The number of rotatable bonds is 6. The first-order chi connectivity index (χ1) is 14.2. The average Bonchev–Trinajstić information content (AvgIpc) is 2.90. The first kappa shape index (κ1) is 19.1. The van der Waals surface area contributed by atoms with Gasteiger partial charge in [-0.15, -0.1) is 16.8 Å². The van der Waals surface area contributed by atoms with Gasteiger partial charge in [0.1, 0.15) is 0 Å². The molecule has 29 heavy (non-hydrogen) atoms. The fourth-order valence-electron chi connectivity index (χ4n) is 2.96. The quantitative estimate of drug-likeness (QED) is 0.458. The van der Waals surface area contributed by atoms with E-state index < -0.39 is 6.23 Å². The zero-order valence-electron chi connectivity index (χ0n) is 15.8. The fraction of sp³-hybridized carbons (Fsp3) is 0.190. The van der Waals surface area contributed by atoms with Crippen molar-refractivity contribution in [1.82, 2.24) is 15.2 Å². The van der Waals surface area contributed by atoms with Crippen LogP contribution in [0.25, 0.3) is 11.3 Å². The van der Waals surface area contributed by atoms with Crippen molar-refractivity contribution in [3.63, 3.8) is 0 Å². The third-order valence-corrected chi connectivity index (χ3v) is 5.08. The Morgan fingerprint density at radius 3 is 2.97 bits per heavy atom. The highest BCUT2D eigenvalue weighted by Crippen LogP contribution is 2.40. The van der Waals surface area contributed by atoms with E-state index in [9.17, 15) is 5.11 Å². The van der Waals surface area contributed by atoms with Gasteiger partial charge in [-0.1, -0.05) is 36.0 Å². The molecule has 148 valence electrons. The van der Waals surface area contributed by atoms with Crippen LogP contribution in [0.2, 0.25) is 0 Å². The highest BCUT2D eigenvalue weighted by atomic mass is 32.2. The Labute approximate surface area is 172 Å². The largest absolute Gasteiger partial charge is 0.504 e. The monoisotopic (exact) mass is 408 g/mol. The highest BCUT2D eigenvalue weighted by molar-refractivity contribution is 7.99. The van der Waals surface area contributed by atoms with Gasteiger partial charge in [0.2, 0.25) is 11.0 Å². The number of aromatic hydroxyl groups is 1. The number of hydrogen-bond acceptors (Lipinski definition) is 8. The number of aromatic nitrogens is 3. The smallest absolute Gasteiger partial charge is 0.247 e. The number of nitrogens with zero attached hydrogens (tertiary/aromatic N) is 3. The lowest BCUT2D eigenvalue weighted by atomic mass is 10.1. The van der Waals surface area contributed by atoms with Crippen molar-refractivity contribution in [2.45, 2.75) is 18.3 Å². The Bertz CT molecular complexity index is 1040. The summed E-state index contributed by atoms with van der Waals surface area (Å²) in [5.41, 5.74) is 3.06. The molecule has 0 amide bonds. The third-order valence-electron chi connectivity index (χ3n) is 4.25. The van der Waals surface area contributed by atoms with Crippen molar-refractivity contribution in [2.75, 3.05) is 17.7 Å². The number of thioether (sulfide) groups is 1. The van der Waals surface area contributed by atoms with Crippen molar-refractivity contribution in [1.29, 1.82) is 0 Å². The standard InChI is InChI=1S/C21H20N4O3S/c1-3-11-29-21-23-20-18(24-25-21)14-7-5-6-8-15(14)22-19(28-20)13-9-10-16(26)17(12-13)27-4-2/h3,5-10,12,19,22,26H,1,4,11H2,2H3/t19-/m1/s1. The minimum absolute atomic E-state index is 0.0807. The molecular formula is C21H20N4O3S. The van der Waals surface area contributed by atoms with Crippen LogP contribution in [0.5, 0.6) is 17.4 Å². The number of ether oxygens (including phenoxy) is 2. The Morgan fingerprint density at radius 2 is 2.14 bits per heavy atom. The normalized spacial score (nSPS) is 14.6. The summed E-state index contributed by atoms with van der Waals surface area (Å²) in [6, 6.07) is 12.9. The molecule has 0 saturated heterocycles. The van der Waals surface area contributed by atoms with E-state index in [1.54, 1.807) is 24.3 Å². The second-order valence-corrected chi connectivity index (χ2v) is 7.18. The first-order valence-corrected chi connectivity index (χ1v) is 10.1. The van der Waals surface area contributed by atoms with Crippen LogP contribution >= 0.6 is 11.8 Å². The van der Waals surface area contributed by atoms with Crippen molar-refractivity contribution in [3.8, 4) is 28.6 Å². The summed E-state index contributed by atoms with van der Waals surface area (Å²) in [5, 5.41) is 22.5. The fourth-order valence-corrected chi connectivity index (χ4v) is 3.47. The van der Waals surface area contributed by atoms with Gasteiger partial charge in [-0.25, -0.2) is 0 Å². The molecule has 1 atom stereocenters. The molecule has 2 N–H and O–H groups in total. The minimum atomic E-state index is -0.550. The van der Waals surface area contributed by atoms with E-state index in [0.717, 1.165) is 16.8 Å². The van der Waals surface area contributed by atoms with Gasteiger partial charge in [0, 0.05) is 22.6 Å². The van der Waals surface area contributed by atoms with Crippen molar-refractivity contribution in [3.05, 3.63) is 60.7 Å². The predicted octanol–water partition coefficient (Wildman–Crippen LogP) is 4.42. The molecule has 0 saturated carbocycles. The number of benzene rings is 2. The van der Waals surface area contributed by atoms with Crippen LogP contribution in [0, 0.1) is 0 Å². The second kappa shape index (κ2) is 8.40. The summed E-state index contributed by atoms with van der Waals surface area (Å²) in [4.78, 5) is 4.56. The highest BCUT2D eigenvalue weighted by Gasteiger charge is 2.26. The van der Waals surface area contributed by atoms with E-state index >= 15 is 0 Å².